The van der Waals surface area contributed by atoms with Crippen LogP contribution in [-0.2, 0) is 6.54 Å². The molecule has 0 spiro atoms. The number of hydrogen-bond donors (Lipinski definition) is 0. The van der Waals surface area contributed by atoms with Gasteiger partial charge in [-0.1, -0.05) is 0 Å². The van der Waals surface area contributed by atoms with Crippen LogP contribution >= 0.6 is 11.3 Å². The van der Waals surface area contributed by atoms with Crippen LogP contribution in [0.5, 0.6) is 0 Å². The Morgan fingerprint density at radius 1 is 1.19 bits per heavy atom. The Hall–Kier alpha value is -3.46. The molecule has 4 rings (SSSR count). The van der Waals surface area contributed by atoms with Crippen molar-refractivity contribution in [1.82, 2.24) is 14.5 Å². The fraction of sp³-hybridized carbons (Fsp3) is 0.0556. The van der Waals surface area contributed by atoms with E-state index < -0.39 is 4.92 Å². The maximum Gasteiger partial charge on any atom is 0.270 e. The van der Waals surface area contributed by atoms with Crippen molar-refractivity contribution < 1.29 is 9.31 Å². The normalized spacial score (nSPS) is 11.0. The van der Waals surface area contributed by atoms with Crippen molar-refractivity contribution in [3.05, 3.63) is 86.2 Å². The summed E-state index contributed by atoms with van der Waals surface area (Å²) < 4.78 is 14.4. The fourth-order valence-corrected chi connectivity index (χ4v) is 3.47. The summed E-state index contributed by atoms with van der Waals surface area (Å²) in [6, 6.07) is 10.00. The van der Waals surface area contributed by atoms with Gasteiger partial charge in [-0.2, -0.15) is 0 Å². The van der Waals surface area contributed by atoms with Crippen LogP contribution in [0.2, 0.25) is 0 Å². The van der Waals surface area contributed by atoms with E-state index in [9.17, 15) is 19.3 Å². The van der Waals surface area contributed by atoms with Gasteiger partial charge in [0.25, 0.3) is 11.2 Å². The molecule has 2 heterocycles. The number of nitro groups is 1. The van der Waals surface area contributed by atoms with Crippen LogP contribution in [0, 0.1) is 15.9 Å². The molecule has 2 aromatic heterocycles. The SMILES string of the molecule is O=c1c2cc([N+](=O)[O-])ccc2ncn1Cc1csc(-c2ccc(F)cc2)n1. The lowest BCUT2D eigenvalue weighted by Crippen LogP contribution is -2.21. The maximum absolute atomic E-state index is 13.0. The van der Waals surface area contributed by atoms with Crippen LogP contribution in [0.1, 0.15) is 5.69 Å². The largest absolute Gasteiger partial charge is 0.293 e. The molecule has 0 unspecified atom stereocenters. The summed E-state index contributed by atoms with van der Waals surface area (Å²) >= 11 is 1.38. The van der Waals surface area contributed by atoms with Crippen molar-refractivity contribution in [1.29, 1.82) is 0 Å². The second kappa shape index (κ2) is 6.69. The van der Waals surface area contributed by atoms with Crippen LogP contribution in [-0.4, -0.2) is 19.5 Å². The van der Waals surface area contributed by atoms with E-state index in [4.69, 9.17) is 0 Å². The molecule has 0 aliphatic carbocycles. The van der Waals surface area contributed by atoms with Crippen LogP contribution in [0.3, 0.4) is 0 Å². The minimum absolute atomic E-state index is 0.161. The highest BCUT2D eigenvalue weighted by molar-refractivity contribution is 7.13. The van der Waals surface area contributed by atoms with Crippen molar-refractivity contribution in [2.24, 2.45) is 0 Å². The summed E-state index contributed by atoms with van der Waals surface area (Å²) in [4.78, 5) is 31.7. The molecule has 4 aromatic rings. The highest BCUT2D eigenvalue weighted by Gasteiger charge is 2.12. The first-order valence-electron chi connectivity index (χ1n) is 7.85. The summed E-state index contributed by atoms with van der Waals surface area (Å²) in [6.07, 6.45) is 1.40. The molecule has 0 saturated carbocycles. The van der Waals surface area contributed by atoms with E-state index in [0.29, 0.717) is 16.2 Å². The number of hydrogen-bond acceptors (Lipinski definition) is 6. The summed E-state index contributed by atoms with van der Waals surface area (Å²) in [6.45, 7) is 0.183. The van der Waals surface area contributed by atoms with E-state index in [-0.39, 0.29) is 29.0 Å². The van der Waals surface area contributed by atoms with E-state index in [1.165, 1.54) is 52.6 Å². The Labute approximate surface area is 155 Å². The second-order valence-electron chi connectivity index (χ2n) is 5.79. The molecule has 0 saturated heterocycles. The molecule has 0 radical (unpaired) electrons. The van der Waals surface area contributed by atoms with Crippen molar-refractivity contribution in [2.45, 2.75) is 6.54 Å². The summed E-state index contributed by atoms with van der Waals surface area (Å²) in [5, 5.41) is 13.6. The monoisotopic (exact) mass is 382 g/mol. The van der Waals surface area contributed by atoms with E-state index in [1.54, 1.807) is 12.1 Å². The van der Waals surface area contributed by atoms with Crippen LogP contribution in [0.25, 0.3) is 21.5 Å². The highest BCUT2D eigenvalue weighted by Crippen LogP contribution is 2.24. The first-order chi connectivity index (χ1) is 13.0. The molecule has 0 fully saturated rings. The molecular formula is C18H11FN4O3S. The van der Waals surface area contributed by atoms with Gasteiger partial charge in [0, 0.05) is 23.1 Å². The second-order valence-corrected chi connectivity index (χ2v) is 6.65. The number of nitro benzene ring substituents is 1. The van der Waals surface area contributed by atoms with Crippen LogP contribution < -0.4 is 5.56 Å². The van der Waals surface area contributed by atoms with E-state index in [1.807, 2.05) is 5.38 Å². The number of aromatic nitrogens is 3. The zero-order valence-electron chi connectivity index (χ0n) is 13.7. The minimum Gasteiger partial charge on any atom is -0.293 e. The van der Waals surface area contributed by atoms with E-state index in [2.05, 4.69) is 9.97 Å². The molecule has 0 aliphatic rings. The van der Waals surface area contributed by atoms with Gasteiger partial charge in [0.1, 0.15) is 10.8 Å². The number of non-ortho nitro benzene ring substituents is 1. The quantitative estimate of drug-likeness (QED) is 0.397. The van der Waals surface area contributed by atoms with E-state index >= 15 is 0 Å². The van der Waals surface area contributed by atoms with Gasteiger partial charge in [0.05, 0.1) is 34.4 Å². The Balaban J connectivity index is 1.67. The van der Waals surface area contributed by atoms with Gasteiger partial charge in [-0.15, -0.1) is 11.3 Å². The third-order valence-electron chi connectivity index (χ3n) is 3.99. The number of thiazole rings is 1. The van der Waals surface area contributed by atoms with Gasteiger partial charge in [0.15, 0.2) is 0 Å². The Morgan fingerprint density at radius 3 is 2.70 bits per heavy atom. The molecule has 0 bridgehead atoms. The lowest BCUT2D eigenvalue weighted by Gasteiger charge is -2.04. The van der Waals surface area contributed by atoms with Crippen LogP contribution in [0.15, 0.2) is 59.0 Å². The number of rotatable bonds is 4. The molecular weight excluding hydrogens is 371 g/mol. The Morgan fingerprint density at radius 2 is 1.96 bits per heavy atom. The lowest BCUT2D eigenvalue weighted by atomic mass is 10.2. The standard InChI is InChI=1S/C18H11FN4O3S/c19-12-3-1-11(2-4-12)17-21-13(9-27-17)8-22-10-20-16-6-5-14(23(25)26)7-15(16)18(22)24/h1-7,9-10H,8H2. The number of fused-ring (bicyclic) bond motifs is 1. The minimum atomic E-state index is -0.550. The number of benzene rings is 2. The molecule has 2 aromatic carbocycles. The lowest BCUT2D eigenvalue weighted by molar-refractivity contribution is -0.384. The molecule has 0 amide bonds. The van der Waals surface area contributed by atoms with Gasteiger partial charge >= 0.3 is 0 Å². The molecule has 0 N–H and O–H groups in total. The Kier molecular flexibility index (Phi) is 4.21. The number of nitrogens with zero attached hydrogens (tertiary/aromatic N) is 4. The predicted molar refractivity (Wildman–Crippen MR) is 99.3 cm³/mol. The van der Waals surface area contributed by atoms with Gasteiger partial charge in [-0.05, 0) is 30.3 Å². The molecule has 134 valence electrons. The average Bonchev–Trinajstić information content (AvgIpc) is 3.13. The maximum atomic E-state index is 13.0. The number of halogens is 1. The van der Waals surface area contributed by atoms with Crippen molar-refractivity contribution in [2.75, 3.05) is 0 Å². The fourth-order valence-electron chi connectivity index (χ4n) is 2.65. The highest BCUT2D eigenvalue weighted by atomic mass is 32.1. The third kappa shape index (κ3) is 3.32. The van der Waals surface area contributed by atoms with Gasteiger partial charge in [0.2, 0.25) is 0 Å². The van der Waals surface area contributed by atoms with Crippen molar-refractivity contribution in [3.63, 3.8) is 0 Å². The average molecular weight is 382 g/mol. The molecule has 0 aliphatic heterocycles. The Bertz CT molecular complexity index is 1220. The van der Waals surface area contributed by atoms with E-state index in [0.717, 1.165) is 5.56 Å². The summed E-state index contributed by atoms with van der Waals surface area (Å²) in [7, 11) is 0. The summed E-state index contributed by atoms with van der Waals surface area (Å²) in [5.41, 5.74) is 1.29. The molecule has 0 atom stereocenters. The molecule has 9 heteroatoms. The zero-order chi connectivity index (χ0) is 19.0. The first kappa shape index (κ1) is 17.0. The van der Waals surface area contributed by atoms with Crippen molar-refractivity contribution >= 4 is 27.9 Å². The zero-order valence-corrected chi connectivity index (χ0v) is 14.5. The smallest absolute Gasteiger partial charge is 0.270 e. The first-order valence-corrected chi connectivity index (χ1v) is 8.73. The molecule has 27 heavy (non-hydrogen) atoms. The van der Waals surface area contributed by atoms with Crippen LogP contribution in [0.4, 0.5) is 10.1 Å². The van der Waals surface area contributed by atoms with Gasteiger partial charge in [-0.25, -0.2) is 14.4 Å². The van der Waals surface area contributed by atoms with Gasteiger partial charge in [-0.3, -0.25) is 19.5 Å². The third-order valence-corrected chi connectivity index (χ3v) is 4.93. The molecule has 7 nitrogen and oxygen atoms in total. The van der Waals surface area contributed by atoms with Crippen molar-refractivity contribution in [3.8, 4) is 10.6 Å². The van der Waals surface area contributed by atoms with Gasteiger partial charge < -0.3 is 0 Å². The summed E-state index contributed by atoms with van der Waals surface area (Å²) in [5.74, 6) is -0.321. The predicted octanol–water partition coefficient (Wildman–Crippen LogP) is 3.62. The topological polar surface area (TPSA) is 90.9 Å².